The molecule has 0 saturated carbocycles. The molecule has 2 aliphatic heterocycles. The molecule has 6 atom stereocenters. The standard InChI is InChI=1S/C56H70N8O6S2/c1-33(2)25-38-16-14-36(28-42(38)40-18-20-44-48(30-40)60-52(58-44)50-27-35(4)32-64(50)54(66)46(22-24-72-8)62-56(68)70-6)13-15-37-11-9-10-12-41(37)39-17-19-43-47(29-39)59-51(57-43)49-26-34(3)31-63(49)53(65)45(21-23-71-7)61-55(67)69-5/h9-12,14,16-20,28-30,33-35,45-46,49-50H,13,15,21-27,31-32H2,1-8H3,(H,57,59)(H,58,60)(H,61,67)(H,62,68)/t34-,35-,45+,46+,49+,50+/m1/s1. The van der Waals surface area contributed by atoms with Gasteiger partial charge in [0.05, 0.1) is 48.4 Å². The molecule has 14 nitrogen and oxygen atoms in total. The van der Waals surface area contributed by atoms with E-state index in [1.165, 1.54) is 36.5 Å². The molecule has 4 aromatic carbocycles. The summed E-state index contributed by atoms with van der Waals surface area (Å²) in [6.07, 6.45) is 7.95. The molecule has 72 heavy (non-hydrogen) atoms. The zero-order valence-corrected chi connectivity index (χ0v) is 44.5. The Balaban J connectivity index is 1.01. The third-order valence-electron chi connectivity index (χ3n) is 14.1. The van der Waals surface area contributed by atoms with Crippen molar-refractivity contribution in [3.05, 3.63) is 107 Å². The Labute approximate surface area is 431 Å². The molecule has 4 amide bonds. The summed E-state index contributed by atoms with van der Waals surface area (Å²) >= 11 is 3.27. The van der Waals surface area contributed by atoms with E-state index in [1.807, 2.05) is 22.3 Å². The molecule has 382 valence electrons. The summed E-state index contributed by atoms with van der Waals surface area (Å²) in [4.78, 5) is 73.6. The molecule has 0 aliphatic carbocycles. The first-order valence-corrected chi connectivity index (χ1v) is 28.0. The van der Waals surface area contributed by atoms with E-state index in [1.54, 1.807) is 23.5 Å². The van der Waals surface area contributed by atoms with Crippen molar-refractivity contribution < 1.29 is 28.7 Å². The second kappa shape index (κ2) is 23.7. The molecular weight excluding hydrogens is 945 g/mol. The van der Waals surface area contributed by atoms with Crippen LogP contribution < -0.4 is 10.6 Å². The number of nitrogens with zero attached hydrogens (tertiary/aromatic N) is 4. The van der Waals surface area contributed by atoms with Crippen molar-refractivity contribution in [3.8, 4) is 22.3 Å². The van der Waals surface area contributed by atoms with Crippen molar-refractivity contribution in [2.45, 2.75) is 96.8 Å². The van der Waals surface area contributed by atoms with E-state index in [2.05, 4.69) is 127 Å². The topological polar surface area (TPSA) is 175 Å². The van der Waals surface area contributed by atoms with E-state index in [-0.39, 0.29) is 35.7 Å². The van der Waals surface area contributed by atoms with Gasteiger partial charge < -0.3 is 39.9 Å². The highest BCUT2D eigenvalue weighted by Crippen LogP contribution is 2.39. The molecule has 2 saturated heterocycles. The monoisotopic (exact) mass is 1010 g/mol. The number of alkyl carbamates (subject to hydrolysis) is 2. The fourth-order valence-electron chi connectivity index (χ4n) is 10.6. The predicted octanol–water partition coefficient (Wildman–Crippen LogP) is 10.5. The number of ether oxygens (including phenoxy) is 2. The Morgan fingerprint density at radius 1 is 0.667 bits per heavy atom. The number of rotatable bonds is 19. The lowest BCUT2D eigenvalue weighted by atomic mass is 9.90. The maximum atomic E-state index is 14.0. The Bertz CT molecular complexity index is 2880. The number of carbonyl (C=O) groups is 4. The molecule has 2 aromatic heterocycles. The number of thioether (sulfide) groups is 2. The lowest BCUT2D eigenvalue weighted by molar-refractivity contribution is -0.135. The molecular formula is C56H70N8O6S2. The van der Waals surface area contributed by atoms with Crippen molar-refractivity contribution in [1.29, 1.82) is 0 Å². The van der Waals surface area contributed by atoms with Gasteiger partial charge in [0, 0.05) is 13.1 Å². The van der Waals surface area contributed by atoms with Gasteiger partial charge in [-0.1, -0.05) is 82.3 Å². The summed E-state index contributed by atoms with van der Waals surface area (Å²) in [7, 11) is 2.63. The van der Waals surface area contributed by atoms with Crippen molar-refractivity contribution in [1.82, 2.24) is 40.4 Å². The van der Waals surface area contributed by atoms with Gasteiger partial charge in [-0.15, -0.1) is 0 Å². The molecule has 2 fully saturated rings. The van der Waals surface area contributed by atoms with Gasteiger partial charge in [0.15, 0.2) is 0 Å². The number of aryl methyl sites for hydroxylation is 2. The van der Waals surface area contributed by atoms with Gasteiger partial charge >= 0.3 is 12.2 Å². The van der Waals surface area contributed by atoms with E-state index in [4.69, 9.17) is 19.4 Å². The van der Waals surface area contributed by atoms with Crippen molar-refractivity contribution in [2.75, 3.05) is 51.3 Å². The highest BCUT2D eigenvalue weighted by atomic mass is 32.2. The van der Waals surface area contributed by atoms with Crippen LogP contribution >= 0.6 is 23.5 Å². The number of aromatic nitrogens is 4. The summed E-state index contributed by atoms with van der Waals surface area (Å²) in [6.45, 7) is 9.98. The molecule has 4 heterocycles. The van der Waals surface area contributed by atoms with Crippen LogP contribution in [0.3, 0.4) is 0 Å². The lowest BCUT2D eigenvalue weighted by Gasteiger charge is -2.28. The first kappa shape index (κ1) is 52.3. The molecule has 16 heteroatoms. The number of hydrogen-bond acceptors (Lipinski definition) is 10. The Morgan fingerprint density at radius 2 is 1.18 bits per heavy atom. The number of methoxy groups -OCH3 is 2. The SMILES string of the molecule is COC(=O)N[C@@H](CCSC)C(=O)N1C[C@H](C)C[C@H]1c1nc2ccc(-c3ccccc3CCc3ccc(CC(C)C)c(-c4ccc5nc([C@@H]6C[C@@H](C)CN6C(=O)[C@H](CCSC)NC(=O)OC)[nH]c5c4)c3)cc2[nH]1. The minimum atomic E-state index is -0.679. The summed E-state index contributed by atoms with van der Waals surface area (Å²) < 4.78 is 9.74. The van der Waals surface area contributed by atoms with Gasteiger partial charge in [0.1, 0.15) is 23.7 Å². The van der Waals surface area contributed by atoms with Gasteiger partial charge in [-0.05, 0) is 150 Å². The first-order valence-electron chi connectivity index (χ1n) is 25.2. The van der Waals surface area contributed by atoms with Gasteiger partial charge in [0.25, 0.3) is 0 Å². The van der Waals surface area contributed by atoms with Crippen molar-refractivity contribution >= 4 is 69.6 Å². The Kier molecular flexibility index (Phi) is 17.2. The smallest absolute Gasteiger partial charge is 0.407 e. The zero-order valence-electron chi connectivity index (χ0n) is 42.9. The Hall–Kier alpha value is -6.00. The van der Waals surface area contributed by atoms with Gasteiger partial charge in [-0.3, -0.25) is 9.59 Å². The third kappa shape index (κ3) is 12.1. The van der Waals surface area contributed by atoms with E-state index in [0.717, 1.165) is 94.0 Å². The second-order valence-corrected chi connectivity index (χ2v) is 22.1. The minimum absolute atomic E-state index is 0.115. The van der Waals surface area contributed by atoms with Crippen LogP contribution in [-0.2, 0) is 38.3 Å². The van der Waals surface area contributed by atoms with E-state index < -0.39 is 24.3 Å². The molecule has 6 aromatic rings. The number of hydrogen-bond donors (Lipinski definition) is 4. The van der Waals surface area contributed by atoms with Crippen molar-refractivity contribution in [3.63, 3.8) is 0 Å². The van der Waals surface area contributed by atoms with Crippen LogP contribution in [-0.4, -0.2) is 117 Å². The Morgan fingerprint density at radius 3 is 1.68 bits per heavy atom. The number of nitrogens with one attached hydrogen (secondary N) is 4. The molecule has 8 rings (SSSR count). The minimum Gasteiger partial charge on any atom is -0.453 e. The van der Waals surface area contributed by atoms with Crippen LogP contribution in [0.4, 0.5) is 9.59 Å². The molecule has 4 N–H and O–H groups in total. The summed E-state index contributed by atoms with van der Waals surface area (Å²) in [5.74, 6) is 3.75. The van der Waals surface area contributed by atoms with Crippen LogP contribution in [0.1, 0.15) is 93.8 Å². The average Bonchev–Trinajstić information content (AvgIpc) is 4.19. The summed E-state index contributed by atoms with van der Waals surface area (Å²) in [5.41, 5.74) is 11.9. The first-order chi connectivity index (χ1) is 34.8. The molecule has 0 spiro atoms. The van der Waals surface area contributed by atoms with Gasteiger partial charge in [0.2, 0.25) is 11.8 Å². The maximum Gasteiger partial charge on any atom is 0.407 e. The third-order valence-corrected chi connectivity index (χ3v) is 15.4. The van der Waals surface area contributed by atoms with E-state index >= 15 is 0 Å². The van der Waals surface area contributed by atoms with Crippen LogP contribution in [0.2, 0.25) is 0 Å². The van der Waals surface area contributed by atoms with Crippen LogP contribution in [0.5, 0.6) is 0 Å². The highest BCUT2D eigenvalue weighted by molar-refractivity contribution is 7.98. The number of H-pyrrole nitrogens is 2. The fraction of sp³-hybridized carbons (Fsp3) is 0.464. The largest absolute Gasteiger partial charge is 0.453 e. The maximum absolute atomic E-state index is 14.0. The van der Waals surface area contributed by atoms with Crippen LogP contribution in [0, 0.1) is 17.8 Å². The molecule has 2 aliphatic rings. The molecule has 0 bridgehead atoms. The van der Waals surface area contributed by atoms with Crippen LogP contribution in [0.15, 0.2) is 78.9 Å². The van der Waals surface area contributed by atoms with Crippen molar-refractivity contribution in [2.24, 2.45) is 17.8 Å². The zero-order chi connectivity index (χ0) is 51.1. The number of carbonyl (C=O) groups excluding carboxylic acids is 4. The number of amides is 4. The predicted molar refractivity (Wildman–Crippen MR) is 290 cm³/mol. The van der Waals surface area contributed by atoms with Gasteiger partial charge in [-0.2, -0.15) is 23.5 Å². The number of benzene rings is 4. The number of imidazole rings is 2. The second-order valence-electron chi connectivity index (χ2n) is 20.1. The summed E-state index contributed by atoms with van der Waals surface area (Å²) in [6, 6.07) is 26.5. The average molecular weight is 1020 g/mol. The number of likely N-dealkylation sites (tertiary alicyclic amines) is 2. The highest BCUT2D eigenvalue weighted by Gasteiger charge is 2.41. The molecule has 0 unspecified atom stereocenters. The molecule has 0 radical (unpaired) electrons. The summed E-state index contributed by atoms with van der Waals surface area (Å²) in [5, 5.41) is 5.55. The van der Waals surface area contributed by atoms with E-state index in [0.29, 0.717) is 31.8 Å². The quantitative estimate of drug-likeness (QED) is 0.0611. The van der Waals surface area contributed by atoms with E-state index in [9.17, 15) is 19.2 Å². The fourth-order valence-corrected chi connectivity index (χ4v) is 11.5. The number of aromatic amines is 2. The number of fused-ring (bicyclic) bond motifs is 2. The van der Waals surface area contributed by atoms with Gasteiger partial charge in [-0.25, -0.2) is 19.6 Å². The van der Waals surface area contributed by atoms with Crippen LogP contribution in [0.25, 0.3) is 44.3 Å². The normalized spacial score (nSPS) is 18.7. The lowest BCUT2D eigenvalue weighted by Crippen LogP contribution is -2.49.